The maximum absolute atomic E-state index is 13.2. The normalized spacial score (nSPS) is 21.8. The molecule has 1 amide bonds. The number of ether oxygens (including phenoxy) is 5. The third-order valence-electron chi connectivity index (χ3n) is 7.79. The number of methoxy groups -OCH3 is 2. The Kier molecular flexibility index (Phi) is 10.2. The highest BCUT2D eigenvalue weighted by molar-refractivity contribution is 5.94. The molecule has 0 unspecified atom stereocenters. The third-order valence-corrected chi connectivity index (χ3v) is 7.79. The monoisotopic (exact) mass is 595 g/mol. The van der Waals surface area contributed by atoms with Crippen LogP contribution >= 0.6 is 0 Å². The summed E-state index contributed by atoms with van der Waals surface area (Å²) in [7, 11) is 2.99. The number of carbonyl (C=O) groups excluding carboxylic acids is 2. The molecule has 0 aromatic heterocycles. The van der Waals surface area contributed by atoms with Crippen LogP contribution in [0, 0.1) is 0 Å². The zero-order valence-electron chi connectivity index (χ0n) is 25.0. The van der Waals surface area contributed by atoms with Crippen molar-refractivity contribution in [2.45, 2.75) is 43.2 Å². The van der Waals surface area contributed by atoms with E-state index in [0.29, 0.717) is 5.56 Å². The van der Waals surface area contributed by atoms with E-state index in [9.17, 15) is 9.59 Å². The summed E-state index contributed by atoms with van der Waals surface area (Å²) in [6.45, 7) is 1.32. The van der Waals surface area contributed by atoms with E-state index in [1.807, 2.05) is 97.1 Å². The van der Waals surface area contributed by atoms with Gasteiger partial charge in [0.2, 0.25) is 0 Å². The van der Waals surface area contributed by atoms with Crippen LogP contribution in [-0.2, 0) is 34.1 Å². The largest absolute Gasteiger partial charge is 0.457 e. The second-order valence-corrected chi connectivity index (χ2v) is 10.5. The van der Waals surface area contributed by atoms with Gasteiger partial charge >= 0.3 is 5.97 Å². The SMILES string of the molecule is CO[C@@H]1O[C@H](COC(c2ccccc2)(c2ccccc2)c2ccccc2)[C@@H](OC(C)=O)[C@H](OC)[C@H]1NC(=O)c1ccccc1. The van der Waals surface area contributed by atoms with Crippen LogP contribution in [0.1, 0.15) is 34.0 Å². The minimum Gasteiger partial charge on any atom is -0.457 e. The first-order chi connectivity index (χ1) is 21.5. The summed E-state index contributed by atoms with van der Waals surface area (Å²) in [4.78, 5) is 25.6. The Bertz CT molecular complexity index is 1390. The Balaban J connectivity index is 1.52. The van der Waals surface area contributed by atoms with E-state index in [-0.39, 0.29) is 12.5 Å². The number of benzene rings is 4. The number of esters is 1. The number of hydrogen-bond acceptors (Lipinski definition) is 7. The molecule has 1 saturated heterocycles. The highest BCUT2D eigenvalue weighted by Crippen LogP contribution is 2.41. The molecular weight excluding hydrogens is 558 g/mol. The quantitative estimate of drug-likeness (QED) is 0.190. The predicted octanol–water partition coefficient (Wildman–Crippen LogP) is 5.11. The zero-order chi connectivity index (χ0) is 30.9. The van der Waals surface area contributed by atoms with Crippen molar-refractivity contribution in [2.24, 2.45) is 0 Å². The Morgan fingerprint density at radius 2 is 1.18 bits per heavy atom. The lowest BCUT2D eigenvalue weighted by Crippen LogP contribution is -2.66. The Labute approximate surface area is 257 Å². The minimum atomic E-state index is -1.03. The van der Waals surface area contributed by atoms with Crippen molar-refractivity contribution in [1.29, 1.82) is 0 Å². The Morgan fingerprint density at radius 3 is 1.61 bits per heavy atom. The molecule has 44 heavy (non-hydrogen) atoms. The van der Waals surface area contributed by atoms with Gasteiger partial charge in [-0.2, -0.15) is 0 Å². The molecule has 8 heteroatoms. The van der Waals surface area contributed by atoms with Crippen LogP contribution in [0.3, 0.4) is 0 Å². The number of nitrogens with one attached hydrogen (secondary N) is 1. The van der Waals surface area contributed by atoms with Crippen molar-refractivity contribution in [3.63, 3.8) is 0 Å². The summed E-state index contributed by atoms with van der Waals surface area (Å²) < 4.78 is 30.9. The van der Waals surface area contributed by atoms with Crippen LogP contribution in [0.2, 0.25) is 0 Å². The number of hydrogen-bond donors (Lipinski definition) is 1. The van der Waals surface area contributed by atoms with Gasteiger partial charge in [0.25, 0.3) is 5.91 Å². The summed E-state index contributed by atoms with van der Waals surface area (Å²) in [6.07, 6.45) is -3.47. The highest BCUT2D eigenvalue weighted by Gasteiger charge is 2.50. The molecule has 1 N–H and O–H groups in total. The summed E-state index contributed by atoms with van der Waals surface area (Å²) in [6, 6.07) is 37.9. The number of carbonyl (C=O) groups is 2. The molecule has 0 aliphatic carbocycles. The molecule has 1 aliphatic heterocycles. The molecule has 0 spiro atoms. The standard InChI is InChI=1S/C36H37NO7/c1-25(38)43-32-30(44-35(41-3)31(33(32)40-2)37-34(39)26-16-8-4-9-17-26)24-42-36(27-18-10-5-11-19-27,28-20-12-6-13-21-28)29-22-14-7-15-23-29/h4-23,30-33,35H,24H2,1-3H3,(H,37,39)/t30-,31-,32-,33-,35-/m1/s1. The van der Waals surface area contributed by atoms with Crippen molar-refractivity contribution >= 4 is 11.9 Å². The van der Waals surface area contributed by atoms with Crippen LogP contribution in [-0.4, -0.2) is 63.3 Å². The molecule has 5 rings (SSSR count). The minimum absolute atomic E-state index is 0.00426. The molecule has 1 heterocycles. The van der Waals surface area contributed by atoms with Gasteiger partial charge in [0.05, 0.1) is 6.61 Å². The first-order valence-electron chi connectivity index (χ1n) is 14.5. The number of rotatable bonds is 11. The summed E-state index contributed by atoms with van der Waals surface area (Å²) in [5, 5.41) is 2.96. The van der Waals surface area contributed by atoms with Gasteiger partial charge in [0, 0.05) is 26.7 Å². The molecule has 228 valence electrons. The molecule has 0 saturated carbocycles. The van der Waals surface area contributed by atoms with E-state index in [0.717, 1.165) is 16.7 Å². The highest BCUT2D eigenvalue weighted by atomic mass is 16.7. The number of amides is 1. The third kappa shape index (κ3) is 6.59. The van der Waals surface area contributed by atoms with Gasteiger partial charge < -0.3 is 29.0 Å². The molecule has 1 fully saturated rings. The second-order valence-electron chi connectivity index (χ2n) is 10.5. The lowest BCUT2D eigenvalue weighted by Gasteiger charge is -2.46. The van der Waals surface area contributed by atoms with Crippen LogP contribution in [0.25, 0.3) is 0 Å². The zero-order valence-corrected chi connectivity index (χ0v) is 25.0. The van der Waals surface area contributed by atoms with Crippen molar-refractivity contribution in [3.8, 4) is 0 Å². The summed E-state index contributed by atoms with van der Waals surface area (Å²) in [5.41, 5.74) is 2.17. The van der Waals surface area contributed by atoms with Gasteiger partial charge in [-0.15, -0.1) is 0 Å². The average molecular weight is 596 g/mol. The van der Waals surface area contributed by atoms with Crippen molar-refractivity contribution in [2.75, 3.05) is 20.8 Å². The molecule has 0 bridgehead atoms. The maximum Gasteiger partial charge on any atom is 0.303 e. The van der Waals surface area contributed by atoms with Gasteiger partial charge in [0.1, 0.15) is 23.9 Å². The molecule has 5 atom stereocenters. The van der Waals surface area contributed by atoms with E-state index in [4.69, 9.17) is 23.7 Å². The molecule has 8 nitrogen and oxygen atoms in total. The molecule has 4 aromatic rings. The van der Waals surface area contributed by atoms with E-state index in [1.54, 1.807) is 24.3 Å². The Morgan fingerprint density at radius 1 is 0.705 bits per heavy atom. The van der Waals surface area contributed by atoms with Crippen LogP contribution in [0.4, 0.5) is 0 Å². The fourth-order valence-corrected chi connectivity index (χ4v) is 5.81. The Hall–Kier alpha value is -4.34. The van der Waals surface area contributed by atoms with Gasteiger partial charge in [-0.25, -0.2) is 0 Å². The molecule has 1 aliphatic rings. The summed E-state index contributed by atoms with van der Waals surface area (Å²) in [5.74, 6) is -0.856. The van der Waals surface area contributed by atoms with E-state index < -0.39 is 42.2 Å². The lowest BCUT2D eigenvalue weighted by atomic mass is 9.80. The van der Waals surface area contributed by atoms with Gasteiger partial charge in [-0.3, -0.25) is 9.59 Å². The van der Waals surface area contributed by atoms with Gasteiger partial charge in [0.15, 0.2) is 12.4 Å². The molecular formula is C36H37NO7. The van der Waals surface area contributed by atoms with Crippen molar-refractivity contribution in [3.05, 3.63) is 144 Å². The van der Waals surface area contributed by atoms with Crippen LogP contribution < -0.4 is 5.32 Å². The van der Waals surface area contributed by atoms with E-state index in [1.165, 1.54) is 21.1 Å². The van der Waals surface area contributed by atoms with Crippen molar-refractivity contribution < 1.29 is 33.3 Å². The summed E-state index contributed by atoms with van der Waals surface area (Å²) >= 11 is 0. The first-order valence-corrected chi connectivity index (χ1v) is 14.5. The first kappa shape index (κ1) is 31.1. The molecule has 0 radical (unpaired) electrons. The fourth-order valence-electron chi connectivity index (χ4n) is 5.81. The fraction of sp³-hybridized carbons (Fsp3) is 0.278. The van der Waals surface area contributed by atoms with E-state index >= 15 is 0 Å². The topological polar surface area (TPSA) is 92.3 Å². The maximum atomic E-state index is 13.2. The lowest BCUT2D eigenvalue weighted by molar-refractivity contribution is -0.275. The predicted molar refractivity (Wildman–Crippen MR) is 165 cm³/mol. The van der Waals surface area contributed by atoms with E-state index in [2.05, 4.69) is 5.32 Å². The van der Waals surface area contributed by atoms with Crippen molar-refractivity contribution in [1.82, 2.24) is 5.32 Å². The molecule has 4 aromatic carbocycles. The smallest absolute Gasteiger partial charge is 0.303 e. The second kappa shape index (κ2) is 14.4. The van der Waals surface area contributed by atoms with Gasteiger partial charge in [-0.05, 0) is 28.8 Å². The van der Waals surface area contributed by atoms with Gasteiger partial charge in [-0.1, -0.05) is 109 Å². The van der Waals surface area contributed by atoms with Crippen LogP contribution in [0.5, 0.6) is 0 Å². The average Bonchev–Trinajstić information content (AvgIpc) is 3.07. The van der Waals surface area contributed by atoms with Crippen LogP contribution in [0.15, 0.2) is 121 Å².